The number of aliphatic hydroxyl groups is 1. The lowest BCUT2D eigenvalue weighted by Crippen LogP contribution is -2.32. The van der Waals surface area contributed by atoms with Crippen molar-refractivity contribution in [2.75, 3.05) is 13.6 Å². The molecule has 1 rings (SSSR count). The Morgan fingerprint density at radius 1 is 1.57 bits per heavy atom. The molecule has 1 aromatic heterocycles. The minimum Gasteiger partial charge on any atom is -0.392 e. The highest BCUT2D eigenvalue weighted by molar-refractivity contribution is 5.93. The quantitative estimate of drug-likeness (QED) is 0.763. The van der Waals surface area contributed by atoms with Crippen LogP contribution in [0.4, 0.5) is 0 Å². The monoisotopic (exact) mass is 194 g/mol. The number of aliphatic hydroxyl groups excluding tert-OH is 1. The van der Waals surface area contributed by atoms with E-state index in [1.165, 1.54) is 4.90 Å². The highest BCUT2D eigenvalue weighted by Gasteiger charge is 2.12. The van der Waals surface area contributed by atoms with Gasteiger partial charge in [-0.3, -0.25) is 9.78 Å². The zero-order valence-corrected chi connectivity index (χ0v) is 8.34. The first-order chi connectivity index (χ1) is 6.61. The summed E-state index contributed by atoms with van der Waals surface area (Å²) >= 11 is 0. The molecule has 0 aliphatic carbocycles. The average molecular weight is 194 g/mol. The molecule has 1 atom stereocenters. The Bertz CT molecular complexity index is 298. The van der Waals surface area contributed by atoms with Crippen molar-refractivity contribution < 1.29 is 9.90 Å². The van der Waals surface area contributed by atoms with Crippen LogP contribution in [0.1, 0.15) is 17.3 Å². The van der Waals surface area contributed by atoms with Gasteiger partial charge >= 0.3 is 0 Å². The summed E-state index contributed by atoms with van der Waals surface area (Å²) in [5, 5.41) is 9.11. The number of nitrogens with zero attached hydrogens (tertiary/aromatic N) is 2. The molecule has 0 radical (unpaired) electrons. The average Bonchev–Trinajstić information content (AvgIpc) is 2.17. The van der Waals surface area contributed by atoms with E-state index in [0.717, 1.165) is 0 Å². The zero-order valence-electron chi connectivity index (χ0n) is 8.34. The van der Waals surface area contributed by atoms with Gasteiger partial charge < -0.3 is 10.0 Å². The van der Waals surface area contributed by atoms with E-state index in [4.69, 9.17) is 5.11 Å². The van der Waals surface area contributed by atoms with E-state index >= 15 is 0 Å². The van der Waals surface area contributed by atoms with E-state index in [0.29, 0.717) is 12.1 Å². The molecule has 0 aromatic carbocycles. The van der Waals surface area contributed by atoms with Crippen molar-refractivity contribution in [2.24, 2.45) is 0 Å². The SMILES string of the molecule is CC(O)CN(C)C(=O)c1ccncc1. The number of rotatable bonds is 3. The van der Waals surface area contributed by atoms with Gasteiger partial charge in [0.05, 0.1) is 6.10 Å². The summed E-state index contributed by atoms with van der Waals surface area (Å²) in [6.07, 6.45) is 2.64. The normalized spacial score (nSPS) is 12.2. The van der Waals surface area contributed by atoms with Crippen molar-refractivity contribution in [3.05, 3.63) is 30.1 Å². The molecule has 76 valence electrons. The molecular weight excluding hydrogens is 180 g/mol. The van der Waals surface area contributed by atoms with E-state index < -0.39 is 6.10 Å². The van der Waals surface area contributed by atoms with Crippen molar-refractivity contribution in [2.45, 2.75) is 13.0 Å². The van der Waals surface area contributed by atoms with Crippen LogP contribution < -0.4 is 0 Å². The Kier molecular flexibility index (Phi) is 3.59. The van der Waals surface area contributed by atoms with E-state index in [-0.39, 0.29) is 5.91 Å². The molecule has 1 heterocycles. The molecule has 1 unspecified atom stereocenters. The minimum absolute atomic E-state index is 0.103. The lowest BCUT2D eigenvalue weighted by atomic mass is 10.2. The second kappa shape index (κ2) is 4.72. The van der Waals surface area contributed by atoms with E-state index in [1.807, 2.05) is 0 Å². The number of hydrogen-bond acceptors (Lipinski definition) is 3. The predicted octanol–water partition coefficient (Wildman–Crippen LogP) is 0.534. The number of aromatic nitrogens is 1. The highest BCUT2D eigenvalue weighted by Crippen LogP contribution is 2.01. The molecule has 1 amide bonds. The van der Waals surface area contributed by atoms with Crippen LogP contribution in [0, 0.1) is 0 Å². The summed E-state index contributed by atoms with van der Waals surface area (Å²) < 4.78 is 0. The van der Waals surface area contributed by atoms with Gasteiger partial charge in [0.25, 0.3) is 5.91 Å². The maximum Gasteiger partial charge on any atom is 0.253 e. The minimum atomic E-state index is -0.509. The van der Waals surface area contributed by atoms with Crippen LogP contribution in [0.15, 0.2) is 24.5 Å². The lowest BCUT2D eigenvalue weighted by molar-refractivity contribution is 0.0703. The molecule has 1 aromatic rings. The van der Waals surface area contributed by atoms with Crippen LogP contribution in [0.25, 0.3) is 0 Å². The van der Waals surface area contributed by atoms with Crippen molar-refractivity contribution in [1.29, 1.82) is 0 Å². The third-order valence-electron chi connectivity index (χ3n) is 1.81. The molecule has 0 saturated heterocycles. The van der Waals surface area contributed by atoms with Crippen LogP contribution in [0.5, 0.6) is 0 Å². The first kappa shape index (κ1) is 10.7. The molecule has 4 heteroatoms. The maximum atomic E-state index is 11.7. The Hall–Kier alpha value is -1.42. The van der Waals surface area contributed by atoms with Crippen molar-refractivity contribution in [3.63, 3.8) is 0 Å². The van der Waals surface area contributed by atoms with Crippen LogP contribution in [0.2, 0.25) is 0 Å². The number of hydrogen-bond donors (Lipinski definition) is 1. The number of carbonyl (C=O) groups is 1. The maximum absolute atomic E-state index is 11.7. The molecular formula is C10H14N2O2. The summed E-state index contributed by atoms with van der Waals surface area (Å²) in [5.74, 6) is -0.103. The van der Waals surface area contributed by atoms with Gasteiger partial charge in [-0.2, -0.15) is 0 Å². The van der Waals surface area contributed by atoms with Gasteiger partial charge in [-0.15, -0.1) is 0 Å². The third kappa shape index (κ3) is 2.81. The fourth-order valence-corrected chi connectivity index (χ4v) is 1.19. The number of likely N-dealkylation sites (N-methyl/N-ethyl adjacent to an activating group) is 1. The number of amides is 1. The van der Waals surface area contributed by atoms with Gasteiger partial charge in [0.1, 0.15) is 0 Å². The molecule has 14 heavy (non-hydrogen) atoms. The summed E-state index contributed by atoms with van der Waals surface area (Å²) in [5.41, 5.74) is 0.586. The van der Waals surface area contributed by atoms with Crippen molar-refractivity contribution in [3.8, 4) is 0 Å². The standard InChI is InChI=1S/C10H14N2O2/c1-8(13)7-12(2)10(14)9-3-5-11-6-4-9/h3-6,8,13H,7H2,1-2H3. The first-order valence-corrected chi connectivity index (χ1v) is 4.45. The molecule has 4 nitrogen and oxygen atoms in total. The lowest BCUT2D eigenvalue weighted by Gasteiger charge is -2.18. The first-order valence-electron chi connectivity index (χ1n) is 4.45. The summed E-state index contributed by atoms with van der Waals surface area (Å²) in [6, 6.07) is 3.31. The number of carbonyl (C=O) groups excluding carboxylic acids is 1. The molecule has 0 fully saturated rings. The fourth-order valence-electron chi connectivity index (χ4n) is 1.19. The molecule has 0 spiro atoms. The summed E-state index contributed by atoms with van der Waals surface area (Å²) in [4.78, 5) is 17.0. The summed E-state index contributed by atoms with van der Waals surface area (Å²) in [7, 11) is 1.66. The van der Waals surface area contributed by atoms with Crippen LogP contribution in [-0.2, 0) is 0 Å². The summed E-state index contributed by atoms with van der Waals surface area (Å²) in [6.45, 7) is 1.98. The van der Waals surface area contributed by atoms with Gasteiger partial charge in [-0.1, -0.05) is 0 Å². The van der Waals surface area contributed by atoms with Crippen molar-refractivity contribution in [1.82, 2.24) is 9.88 Å². The second-order valence-corrected chi connectivity index (χ2v) is 3.27. The Balaban J connectivity index is 2.66. The largest absolute Gasteiger partial charge is 0.392 e. The zero-order chi connectivity index (χ0) is 10.6. The smallest absolute Gasteiger partial charge is 0.253 e. The van der Waals surface area contributed by atoms with E-state index in [1.54, 1.807) is 38.5 Å². The van der Waals surface area contributed by atoms with Gasteiger partial charge in [-0.05, 0) is 19.1 Å². The highest BCUT2D eigenvalue weighted by atomic mass is 16.3. The molecule has 1 N–H and O–H groups in total. The van der Waals surface area contributed by atoms with Gasteiger partial charge in [-0.25, -0.2) is 0 Å². The predicted molar refractivity (Wildman–Crippen MR) is 52.9 cm³/mol. The van der Waals surface area contributed by atoms with Gasteiger partial charge in [0, 0.05) is 31.5 Å². The third-order valence-corrected chi connectivity index (χ3v) is 1.81. The van der Waals surface area contributed by atoms with Crippen LogP contribution >= 0.6 is 0 Å². The Morgan fingerprint density at radius 3 is 2.64 bits per heavy atom. The molecule has 0 bridgehead atoms. The topological polar surface area (TPSA) is 53.4 Å². The molecule has 0 aliphatic heterocycles. The van der Waals surface area contributed by atoms with Crippen molar-refractivity contribution >= 4 is 5.91 Å². The Labute approximate surface area is 83.2 Å². The van der Waals surface area contributed by atoms with Gasteiger partial charge in [0.2, 0.25) is 0 Å². The fraction of sp³-hybridized carbons (Fsp3) is 0.400. The Morgan fingerprint density at radius 2 is 2.14 bits per heavy atom. The molecule has 0 saturated carbocycles. The van der Waals surface area contributed by atoms with Gasteiger partial charge in [0.15, 0.2) is 0 Å². The van der Waals surface area contributed by atoms with Crippen LogP contribution in [0.3, 0.4) is 0 Å². The second-order valence-electron chi connectivity index (χ2n) is 3.27. The van der Waals surface area contributed by atoms with E-state index in [9.17, 15) is 4.79 Å². The van der Waals surface area contributed by atoms with Crippen LogP contribution in [-0.4, -0.2) is 40.6 Å². The van der Waals surface area contributed by atoms with E-state index in [2.05, 4.69) is 4.98 Å². The number of pyridine rings is 1. The molecule has 0 aliphatic rings.